The molecule has 0 saturated carbocycles. The molecule has 0 N–H and O–H groups in total. The number of ether oxygens (including phenoxy) is 1. The van der Waals surface area contributed by atoms with Gasteiger partial charge in [-0.1, -0.05) is 0 Å². The van der Waals surface area contributed by atoms with Gasteiger partial charge in [0.25, 0.3) is 0 Å². The van der Waals surface area contributed by atoms with Crippen LogP contribution in [0.15, 0.2) is 36.4 Å². The average molecular weight is 522 g/mol. The van der Waals surface area contributed by atoms with Gasteiger partial charge in [0.15, 0.2) is 0 Å². The van der Waals surface area contributed by atoms with Gasteiger partial charge in [-0.05, 0) is 0 Å². The monoisotopic (exact) mass is 522 g/mol. The Kier molecular flexibility index (Phi) is 7.33. The summed E-state index contributed by atoms with van der Waals surface area (Å²) < 4.78 is 6.62. The predicted molar refractivity (Wildman–Crippen MR) is 126 cm³/mol. The van der Waals surface area contributed by atoms with Gasteiger partial charge in [-0.3, -0.25) is 0 Å². The summed E-state index contributed by atoms with van der Waals surface area (Å²) in [5.41, 5.74) is 7.28. The SMILES string of the molecule is CCO[CH]=[Ru]([Cl])([Cl])=[C]1N(c2ccc(C)cc2C)CCCN1c1ccc(C)cc1C. The van der Waals surface area contributed by atoms with Gasteiger partial charge in [-0.2, -0.15) is 0 Å². The molecule has 1 heterocycles. The van der Waals surface area contributed by atoms with Crippen LogP contribution in [0.2, 0.25) is 0 Å². The minimum atomic E-state index is -3.41. The van der Waals surface area contributed by atoms with Gasteiger partial charge < -0.3 is 0 Å². The van der Waals surface area contributed by atoms with Gasteiger partial charge in [-0.15, -0.1) is 0 Å². The maximum absolute atomic E-state index is 7.08. The van der Waals surface area contributed by atoms with E-state index in [9.17, 15) is 0 Å². The van der Waals surface area contributed by atoms with Crippen LogP contribution in [0.4, 0.5) is 11.4 Å². The van der Waals surface area contributed by atoms with Crippen molar-refractivity contribution in [3.8, 4) is 0 Å². The van der Waals surface area contributed by atoms with E-state index in [4.69, 9.17) is 24.1 Å². The van der Waals surface area contributed by atoms with E-state index in [1.165, 1.54) is 22.3 Å². The molecule has 1 aliphatic heterocycles. The van der Waals surface area contributed by atoms with Crippen molar-refractivity contribution < 1.29 is 16.6 Å². The molecular formula is C23H30Cl2N2ORu. The van der Waals surface area contributed by atoms with Crippen LogP contribution in [0.25, 0.3) is 0 Å². The topological polar surface area (TPSA) is 15.7 Å². The Labute approximate surface area is 185 Å². The van der Waals surface area contributed by atoms with Crippen molar-refractivity contribution in [2.24, 2.45) is 0 Å². The molecule has 0 radical (unpaired) electrons. The number of hydrogen-bond donors (Lipinski definition) is 0. The first-order valence-electron chi connectivity index (χ1n) is 9.88. The first-order chi connectivity index (χ1) is 13.7. The fourth-order valence-corrected chi connectivity index (χ4v) is 8.92. The average Bonchev–Trinajstić information content (AvgIpc) is 2.66. The van der Waals surface area contributed by atoms with Gasteiger partial charge in [0, 0.05) is 0 Å². The molecule has 1 aliphatic rings. The van der Waals surface area contributed by atoms with Crippen LogP contribution in [0.3, 0.4) is 0 Å². The third-order valence-corrected chi connectivity index (χ3v) is 9.96. The Morgan fingerprint density at radius 1 is 0.897 bits per heavy atom. The molecule has 0 amide bonds. The van der Waals surface area contributed by atoms with Crippen LogP contribution < -0.4 is 9.80 Å². The van der Waals surface area contributed by atoms with Gasteiger partial charge >= 0.3 is 186 Å². The Morgan fingerprint density at radius 3 is 1.79 bits per heavy atom. The standard InChI is InChI=1S/C20H24N2.C3H6O.2ClH.Ru/c1-15-6-8-19(17(3)12-15)21-10-5-11-22(14-21)20-9-7-16(2)13-18(20)4;1-3-4-2;;;/h6-9,12-13H,5,10-11H2,1-4H3;2H,3H2,1H3;2*1H;/q;;;;+2/p-2. The van der Waals surface area contributed by atoms with Crippen molar-refractivity contribution in [2.45, 2.75) is 41.0 Å². The summed E-state index contributed by atoms with van der Waals surface area (Å²) >= 11 is -3.41. The van der Waals surface area contributed by atoms with Gasteiger partial charge in [-0.25, -0.2) is 0 Å². The predicted octanol–water partition coefficient (Wildman–Crippen LogP) is 5.98. The van der Waals surface area contributed by atoms with E-state index in [-0.39, 0.29) is 0 Å². The first-order valence-corrected chi connectivity index (χ1v) is 16.2. The fraction of sp³-hybridized carbons (Fsp3) is 0.391. The van der Waals surface area contributed by atoms with Crippen molar-refractivity contribution in [3.63, 3.8) is 0 Å². The van der Waals surface area contributed by atoms with E-state index >= 15 is 0 Å². The summed E-state index contributed by atoms with van der Waals surface area (Å²) in [6, 6.07) is 13.1. The van der Waals surface area contributed by atoms with E-state index in [0.29, 0.717) is 6.61 Å². The second-order valence-corrected chi connectivity index (χ2v) is 16.6. The summed E-state index contributed by atoms with van der Waals surface area (Å²) in [6.45, 7) is 12.8. The molecule has 1 saturated heterocycles. The van der Waals surface area contributed by atoms with Crippen LogP contribution in [0.1, 0.15) is 35.6 Å². The Hall–Kier alpha value is -1.06. The van der Waals surface area contributed by atoms with Crippen LogP contribution >= 0.6 is 19.4 Å². The molecular weight excluding hydrogens is 492 g/mol. The van der Waals surface area contributed by atoms with Crippen LogP contribution in [-0.4, -0.2) is 28.8 Å². The van der Waals surface area contributed by atoms with Crippen molar-refractivity contribution >= 4 is 39.9 Å². The normalized spacial score (nSPS) is 15.6. The second-order valence-electron chi connectivity index (χ2n) is 7.47. The molecule has 160 valence electrons. The molecule has 0 spiro atoms. The van der Waals surface area contributed by atoms with E-state index in [1.54, 1.807) is 4.80 Å². The molecule has 29 heavy (non-hydrogen) atoms. The molecule has 1 fully saturated rings. The Balaban J connectivity index is 2.25. The van der Waals surface area contributed by atoms with E-state index in [1.807, 2.05) is 6.92 Å². The molecule has 0 aliphatic carbocycles. The van der Waals surface area contributed by atoms with Crippen LogP contribution in [0.5, 0.6) is 0 Å². The third kappa shape index (κ3) is 4.99. The van der Waals surface area contributed by atoms with Crippen molar-refractivity contribution in [2.75, 3.05) is 29.5 Å². The van der Waals surface area contributed by atoms with Crippen molar-refractivity contribution in [3.05, 3.63) is 58.7 Å². The Morgan fingerprint density at radius 2 is 1.38 bits per heavy atom. The second kappa shape index (κ2) is 9.39. The van der Waals surface area contributed by atoms with E-state index in [0.717, 1.165) is 35.2 Å². The van der Waals surface area contributed by atoms with Gasteiger partial charge in [0.2, 0.25) is 0 Å². The molecule has 2 aromatic rings. The van der Waals surface area contributed by atoms with E-state index in [2.05, 4.69) is 73.9 Å². The fourth-order valence-electron chi connectivity index (χ4n) is 3.79. The zero-order chi connectivity index (χ0) is 21.2. The zero-order valence-electron chi connectivity index (χ0n) is 17.8. The Bertz CT molecular complexity index is 956. The zero-order valence-corrected chi connectivity index (χ0v) is 21.0. The van der Waals surface area contributed by atoms with Gasteiger partial charge in [0.1, 0.15) is 0 Å². The number of anilines is 2. The number of aryl methyl sites for hydroxylation is 4. The number of hydrogen-bond acceptors (Lipinski definition) is 3. The molecule has 3 nitrogen and oxygen atoms in total. The maximum atomic E-state index is 7.08. The summed E-state index contributed by atoms with van der Waals surface area (Å²) in [7, 11) is 14.2. The number of rotatable bonds is 4. The summed E-state index contributed by atoms with van der Waals surface area (Å²) in [6.07, 6.45) is 1.03. The molecule has 0 atom stereocenters. The molecule has 6 heteroatoms. The quantitative estimate of drug-likeness (QED) is 0.460. The molecule has 0 aromatic heterocycles. The molecule has 0 bridgehead atoms. The number of halogens is 2. The van der Waals surface area contributed by atoms with E-state index < -0.39 is 11.9 Å². The number of benzene rings is 2. The van der Waals surface area contributed by atoms with Gasteiger partial charge in [0.05, 0.1) is 0 Å². The molecule has 3 rings (SSSR count). The summed E-state index contributed by atoms with van der Waals surface area (Å²) in [5.74, 6) is 0. The van der Waals surface area contributed by atoms with Crippen LogP contribution in [0, 0.1) is 27.7 Å². The number of nitrogens with zero attached hydrogens (tertiary/aromatic N) is 2. The van der Waals surface area contributed by atoms with Crippen molar-refractivity contribution in [1.29, 1.82) is 0 Å². The minimum absolute atomic E-state index is 0.558. The summed E-state index contributed by atoms with van der Waals surface area (Å²) in [5, 5.41) is 0. The summed E-state index contributed by atoms with van der Waals surface area (Å²) in [4.78, 5) is 6.35. The molecule has 0 unspecified atom stereocenters. The molecule has 2 aromatic carbocycles. The third-order valence-electron chi connectivity index (χ3n) is 5.02. The first kappa shape index (κ1) is 22.6. The van der Waals surface area contributed by atoms with Crippen molar-refractivity contribution in [1.82, 2.24) is 0 Å². The van der Waals surface area contributed by atoms with Crippen LogP contribution in [-0.2, 0) is 16.6 Å².